The van der Waals surface area contributed by atoms with Crippen molar-refractivity contribution in [1.82, 2.24) is 0 Å². The van der Waals surface area contributed by atoms with E-state index in [-0.39, 0.29) is 6.79 Å². The summed E-state index contributed by atoms with van der Waals surface area (Å²) in [7, 11) is 1.58. The Morgan fingerprint density at radius 1 is 0.947 bits per heavy atom. The Balaban J connectivity index is 2.02. The molecule has 3 nitrogen and oxygen atoms in total. The maximum Gasteiger partial charge on any atom is 0.188 e. The smallest absolute Gasteiger partial charge is 0.188 e. The minimum absolute atomic E-state index is 0.234. The van der Waals surface area contributed by atoms with Crippen LogP contribution in [0.1, 0.15) is 5.56 Å². The van der Waals surface area contributed by atoms with E-state index in [9.17, 15) is 0 Å². The maximum atomic E-state index is 5.79. The van der Waals surface area contributed by atoms with Gasteiger partial charge in [-0.3, -0.25) is 0 Å². The Morgan fingerprint density at radius 2 is 1.68 bits per heavy atom. The highest BCUT2D eigenvalue weighted by Crippen LogP contribution is 2.24. The van der Waals surface area contributed by atoms with Gasteiger partial charge in [0.25, 0.3) is 0 Å². The Morgan fingerprint density at radius 3 is 2.37 bits per heavy atom. The van der Waals surface area contributed by atoms with Crippen molar-refractivity contribution in [2.45, 2.75) is 5.88 Å². The predicted molar refractivity (Wildman–Crippen MR) is 75.0 cm³/mol. The van der Waals surface area contributed by atoms with E-state index in [4.69, 9.17) is 25.8 Å². The number of ether oxygens (including phenoxy) is 3. The van der Waals surface area contributed by atoms with Crippen LogP contribution in [0.4, 0.5) is 0 Å². The number of rotatable bonds is 6. The minimum Gasteiger partial charge on any atom is -0.468 e. The fourth-order valence-electron chi connectivity index (χ4n) is 1.56. The summed E-state index contributed by atoms with van der Waals surface area (Å²) in [6, 6.07) is 15.1. The van der Waals surface area contributed by atoms with Crippen LogP contribution in [0.3, 0.4) is 0 Å². The molecule has 0 amide bonds. The Kier molecular flexibility index (Phi) is 5.07. The lowest BCUT2D eigenvalue weighted by Gasteiger charge is -2.08. The molecule has 2 aromatic carbocycles. The third-order valence-corrected chi connectivity index (χ3v) is 2.76. The van der Waals surface area contributed by atoms with Gasteiger partial charge in [-0.15, -0.1) is 11.6 Å². The zero-order chi connectivity index (χ0) is 13.5. The molecule has 0 spiro atoms. The molecule has 0 bridgehead atoms. The number of methoxy groups -OCH3 is 1. The lowest BCUT2D eigenvalue weighted by atomic mass is 10.2. The number of halogens is 1. The fraction of sp³-hybridized carbons (Fsp3) is 0.200. The highest BCUT2D eigenvalue weighted by Gasteiger charge is 2.00. The van der Waals surface area contributed by atoms with Gasteiger partial charge in [0.15, 0.2) is 6.79 Å². The van der Waals surface area contributed by atoms with Crippen molar-refractivity contribution < 1.29 is 14.2 Å². The summed E-state index contributed by atoms with van der Waals surface area (Å²) in [6.07, 6.45) is 0. The minimum atomic E-state index is 0.234. The molecule has 0 heterocycles. The average Bonchev–Trinajstić information content (AvgIpc) is 2.47. The molecule has 0 saturated carbocycles. The first kappa shape index (κ1) is 13.7. The molecule has 2 rings (SSSR count). The molecular formula is C15H15ClO3. The molecule has 0 radical (unpaired) electrons. The van der Waals surface area contributed by atoms with E-state index in [1.165, 1.54) is 0 Å². The first-order valence-electron chi connectivity index (χ1n) is 5.86. The standard InChI is InChI=1S/C15H15ClO3/c1-17-11-18-13-5-7-14(8-6-13)19-15-4-2-3-12(9-15)10-16/h2-9H,10-11H2,1H3. The van der Waals surface area contributed by atoms with Gasteiger partial charge in [0.05, 0.1) is 0 Å². The van der Waals surface area contributed by atoms with Gasteiger partial charge >= 0.3 is 0 Å². The van der Waals surface area contributed by atoms with Crippen molar-refractivity contribution in [3.63, 3.8) is 0 Å². The van der Waals surface area contributed by atoms with Crippen LogP contribution < -0.4 is 9.47 Å². The second-order valence-corrected chi connectivity index (χ2v) is 4.17. The molecule has 0 fully saturated rings. The van der Waals surface area contributed by atoms with E-state index in [2.05, 4.69) is 0 Å². The predicted octanol–water partition coefficient (Wildman–Crippen LogP) is 4.20. The molecule has 0 aliphatic heterocycles. The van der Waals surface area contributed by atoms with E-state index in [0.29, 0.717) is 5.88 Å². The lowest BCUT2D eigenvalue weighted by molar-refractivity contribution is 0.0511. The van der Waals surface area contributed by atoms with Crippen molar-refractivity contribution in [3.05, 3.63) is 54.1 Å². The third kappa shape index (κ3) is 4.16. The second kappa shape index (κ2) is 7.02. The lowest BCUT2D eigenvalue weighted by Crippen LogP contribution is -1.98. The Bertz CT molecular complexity index is 511. The van der Waals surface area contributed by atoms with Crippen molar-refractivity contribution in [1.29, 1.82) is 0 Å². The van der Waals surface area contributed by atoms with Gasteiger partial charge in [-0.2, -0.15) is 0 Å². The van der Waals surface area contributed by atoms with Gasteiger partial charge in [-0.25, -0.2) is 0 Å². The van der Waals surface area contributed by atoms with E-state index in [1.807, 2.05) is 48.5 Å². The molecule has 0 atom stereocenters. The van der Waals surface area contributed by atoms with Gasteiger partial charge in [0.2, 0.25) is 0 Å². The molecule has 0 aromatic heterocycles. The normalized spacial score (nSPS) is 10.2. The number of alkyl halides is 1. The van der Waals surface area contributed by atoms with Crippen LogP contribution in [-0.2, 0) is 10.6 Å². The van der Waals surface area contributed by atoms with Crippen molar-refractivity contribution in [2.75, 3.05) is 13.9 Å². The summed E-state index contributed by atoms with van der Waals surface area (Å²) in [4.78, 5) is 0. The largest absolute Gasteiger partial charge is 0.468 e. The molecule has 4 heteroatoms. The van der Waals surface area contributed by atoms with Crippen LogP contribution in [0.2, 0.25) is 0 Å². The van der Waals surface area contributed by atoms with Crippen molar-refractivity contribution >= 4 is 11.6 Å². The van der Waals surface area contributed by atoms with Gasteiger partial charge < -0.3 is 14.2 Å². The van der Waals surface area contributed by atoms with Crippen LogP contribution in [-0.4, -0.2) is 13.9 Å². The summed E-state index contributed by atoms with van der Waals surface area (Å²) >= 11 is 5.79. The average molecular weight is 279 g/mol. The van der Waals surface area contributed by atoms with Crippen LogP contribution in [0, 0.1) is 0 Å². The van der Waals surface area contributed by atoms with Crippen molar-refractivity contribution in [3.8, 4) is 17.2 Å². The van der Waals surface area contributed by atoms with Gasteiger partial charge in [-0.05, 0) is 42.0 Å². The van der Waals surface area contributed by atoms with Gasteiger partial charge in [0, 0.05) is 13.0 Å². The summed E-state index contributed by atoms with van der Waals surface area (Å²) < 4.78 is 15.9. The van der Waals surface area contributed by atoms with Crippen molar-refractivity contribution in [2.24, 2.45) is 0 Å². The van der Waals surface area contributed by atoms with Gasteiger partial charge in [0.1, 0.15) is 17.2 Å². The molecule has 0 saturated heterocycles. The topological polar surface area (TPSA) is 27.7 Å². The van der Waals surface area contributed by atoms with E-state index in [1.54, 1.807) is 7.11 Å². The molecule has 0 aliphatic rings. The van der Waals surface area contributed by atoms with Crippen LogP contribution in [0.5, 0.6) is 17.2 Å². The quantitative estimate of drug-likeness (QED) is 0.585. The van der Waals surface area contributed by atoms with E-state index < -0.39 is 0 Å². The maximum absolute atomic E-state index is 5.79. The SMILES string of the molecule is COCOc1ccc(Oc2cccc(CCl)c2)cc1. The van der Waals surface area contributed by atoms with Crippen LogP contribution in [0.15, 0.2) is 48.5 Å². The highest BCUT2D eigenvalue weighted by molar-refractivity contribution is 6.17. The molecule has 100 valence electrons. The third-order valence-electron chi connectivity index (χ3n) is 2.46. The summed E-state index contributed by atoms with van der Waals surface area (Å²) in [6.45, 7) is 0.234. The Labute approximate surface area is 117 Å². The first-order chi connectivity index (χ1) is 9.31. The van der Waals surface area contributed by atoms with E-state index >= 15 is 0 Å². The van der Waals surface area contributed by atoms with Gasteiger partial charge in [-0.1, -0.05) is 12.1 Å². The fourth-order valence-corrected chi connectivity index (χ4v) is 1.73. The zero-order valence-corrected chi connectivity index (χ0v) is 11.4. The molecular weight excluding hydrogens is 264 g/mol. The first-order valence-corrected chi connectivity index (χ1v) is 6.40. The highest BCUT2D eigenvalue weighted by atomic mass is 35.5. The number of benzene rings is 2. The zero-order valence-electron chi connectivity index (χ0n) is 10.6. The molecule has 0 unspecified atom stereocenters. The summed E-state index contributed by atoms with van der Waals surface area (Å²) in [5.74, 6) is 2.73. The second-order valence-electron chi connectivity index (χ2n) is 3.91. The molecule has 0 N–H and O–H groups in total. The van der Waals surface area contributed by atoms with Crippen LogP contribution in [0.25, 0.3) is 0 Å². The summed E-state index contributed by atoms with van der Waals surface area (Å²) in [5.41, 5.74) is 1.03. The van der Waals surface area contributed by atoms with Crippen LogP contribution >= 0.6 is 11.6 Å². The molecule has 19 heavy (non-hydrogen) atoms. The molecule has 2 aromatic rings. The monoisotopic (exact) mass is 278 g/mol. The number of hydrogen-bond donors (Lipinski definition) is 0. The summed E-state index contributed by atoms with van der Waals surface area (Å²) in [5, 5.41) is 0. The Hall–Kier alpha value is -1.71. The molecule has 0 aliphatic carbocycles. The van der Waals surface area contributed by atoms with E-state index in [0.717, 1.165) is 22.8 Å². The number of hydrogen-bond acceptors (Lipinski definition) is 3.